The third kappa shape index (κ3) is 3.40. The molecule has 1 aromatic heterocycles. The largest absolute Gasteiger partial charge is 0.392 e. The van der Waals surface area contributed by atoms with Crippen molar-refractivity contribution in [1.29, 1.82) is 0 Å². The van der Waals surface area contributed by atoms with Gasteiger partial charge in [-0.2, -0.15) is 11.3 Å². The van der Waals surface area contributed by atoms with E-state index in [4.69, 9.17) is 5.11 Å². The van der Waals surface area contributed by atoms with Gasteiger partial charge in [-0.05, 0) is 40.4 Å². The van der Waals surface area contributed by atoms with Gasteiger partial charge in [-0.1, -0.05) is 24.3 Å². The molecule has 0 saturated carbocycles. The first-order valence-corrected chi connectivity index (χ1v) is 6.68. The molecule has 1 aromatic carbocycles. The van der Waals surface area contributed by atoms with E-state index in [1.807, 2.05) is 18.2 Å². The minimum Gasteiger partial charge on any atom is -0.392 e. The highest BCUT2D eigenvalue weighted by atomic mass is 32.1. The van der Waals surface area contributed by atoms with E-state index < -0.39 is 0 Å². The summed E-state index contributed by atoms with van der Waals surface area (Å²) in [6.07, 6.45) is 0. The average Bonchev–Trinajstić information content (AvgIpc) is 2.90. The van der Waals surface area contributed by atoms with E-state index in [-0.39, 0.29) is 6.61 Å². The molecule has 0 aliphatic heterocycles. The Morgan fingerprint density at radius 2 is 2.12 bits per heavy atom. The SMILES string of the molecule is CC(NCc1cccc(CO)c1)c1ccsc1. The molecule has 0 aliphatic rings. The molecule has 2 nitrogen and oxygen atoms in total. The Morgan fingerprint density at radius 1 is 1.29 bits per heavy atom. The molecule has 0 saturated heterocycles. The van der Waals surface area contributed by atoms with Crippen molar-refractivity contribution >= 4 is 11.3 Å². The normalized spacial score (nSPS) is 12.6. The molecule has 0 amide bonds. The third-order valence-corrected chi connectivity index (χ3v) is 3.53. The fraction of sp³-hybridized carbons (Fsp3) is 0.286. The molecule has 1 unspecified atom stereocenters. The molecule has 17 heavy (non-hydrogen) atoms. The molecular weight excluding hydrogens is 230 g/mol. The van der Waals surface area contributed by atoms with Crippen LogP contribution in [0.25, 0.3) is 0 Å². The van der Waals surface area contributed by atoms with E-state index in [1.54, 1.807) is 11.3 Å². The molecule has 0 spiro atoms. The van der Waals surface area contributed by atoms with E-state index in [1.165, 1.54) is 11.1 Å². The van der Waals surface area contributed by atoms with Gasteiger partial charge in [0.2, 0.25) is 0 Å². The summed E-state index contributed by atoms with van der Waals surface area (Å²) in [4.78, 5) is 0. The predicted octanol–water partition coefficient (Wildman–Crippen LogP) is 3.09. The summed E-state index contributed by atoms with van der Waals surface area (Å²) < 4.78 is 0. The topological polar surface area (TPSA) is 32.3 Å². The second-order valence-electron chi connectivity index (χ2n) is 4.14. The molecule has 0 radical (unpaired) electrons. The summed E-state index contributed by atoms with van der Waals surface area (Å²) in [5.74, 6) is 0. The van der Waals surface area contributed by atoms with E-state index in [0.717, 1.165) is 12.1 Å². The van der Waals surface area contributed by atoms with Crippen LogP contribution in [-0.2, 0) is 13.2 Å². The van der Waals surface area contributed by atoms with Gasteiger partial charge < -0.3 is 10.4 Å². The van der Waals surface area contributed by atoms with Crippen LogP contribution in [0.3, 0.4) is 0 Å². The van der Waals surface area contributed by atoms with Crippen molar-refractivity contribution in [3.63, 3.8) is 0 Å². The summed E-state index contributed by atoms with van der Waals surface area (Å²) >= 11 is 1.72. The van der Waals surface area contributed by atoms with E-state index in [9.17, 15) is 0 Å². The zero-order valence-corrected chi connectivity index (χ0v) is 10.7. The summed E-state index contributed by atoms with van der Waals surface area (Å²) in [7, 11) is 0. The minimum atomic E-state index is 0.105. The van der Waals surface area contributed by atoms with Gasteiger partial charge in [0, 0.05) is 12.6 Å². The number of hydrogen-bond donors (Lipinski definition) is 2. The first-order chi connectivity index (χ1) is 8.29. The fourth-order valence-electron chi connectivity index (χ4n) is 1.75. The third-order valence-electron chi connectivity index (χ3n) is 2.83. The monoisotopic (exact) mass is 247 g/mol. The Balaban J connectivity index is 1.93. The molecule has 90 valence electrons. The van der Waals surface area contributed by atoms with Crippen LogP contribution in [0.1, 0.15) is 29.7 Å². The number of aliphatic hydroxyl groups is 1. The Hall–Kier alpha value is -1.16. The zero-order chi connectivity index (χ0) is 12.1. The Kier molecular flexibility index (Phi) is 4.31. The van der Waals surface area contributed by atoms with E-state index in [0.29, 0.717) is 6.04 Å². The number of nitrogens with one attached hydrogen (secondary N) is 1. The van der Waals surface area contributed by atoms with Crippen LogP contribution in [0.4, 0.5) is 0 Å². The van der Waals surface area contributed by atoms with Crippen LogP contribution in [0, 0.1) is 0 Å². The van der Waals surface area contributed by atoms with Gasteiger partial charge in [-0.3, -0.25) is 0 Å². The molecular formula is C14H17NOS. The first-order valence-electron chi connectivity index (χ1n) is 5.74. The molecule has 0 bridgehead atoms. The number of aliphatic hydroxyl groups excluding tert-OH is 1. The molecule has 1 heterocycles. The van der Waals surface area contributed by atoms with Gasteiger partial charge in [-0.15, -0.1) is 0 Å². The first kappa shape index (κ1) is 12.3. The molecule has 0 fully saturated rings. The van der Waals surface area contributed by atoms with Crippen molar-refractivity contribution in [2.75, 3.05) is 0 Å². The van der Waals surface area contributed by atoms with Crippen LogP contribution >= 0.6 is 11.3 Å². The van der Waals surface area contributed by atoms with Crippen molar-refractivity contribution in [3.05, 3.63) is 57.8 Å². The Morgan fingerprint density at radius 3 is 2.82 bits per heavy atom. The van der Waals surface area contributed by atoms with Crippen LogP contribution in [-0.4, -0.2) is 5.11 Å². The minimum absolute atomic E-state index is 0.105. The number of thiophene rings is 1. The molecule has 2 rings (SSSR count). The molecule has 2 aromatic rings. The number of rotatable bonds is 5. The van der Waals surface area contributed by atoms with Crippen molar-refractivity contribution in [2.45, 2.75) is 26.1 Å². The van der Waals surface area contributed by atoms with Gasteiger partial charge in [-0.25, -0.2) is 0 Å². The highest BCUT2D eigenvalue weighted by Crippen LogP contribution is 2.16. The Labute approximate surface area is 106 Å². The number of hydrogen-bond acceptors (Lipinski definition) is 3. The lowest BCUT2D eigenvalue weighted by molar-refractivity contribution is 0.281. The standard InChI is InChI=1S/C14H17NOS/c1-11(14-5-6-17-10-14)15-8-12-3-2-4-13(7-12)9-16/h2-7,10-11,15-16H,8-9H2,1H3. The summed E-state index contributed by atoms with van der Waals surface area (Å²) in [5, 5.41) is 16.8. The number of benzene rings is 1. The van der Waals surface area contributed by atoms with Gasteiger partial charge in [0.05, 0.1) is 6.61 Å². The molecule has 0 aliphatic carbocycles. The predicted molar refractivity (Wildman–Crippen MR) is 71.9 cm³/mol. The van der Waals surface area contributed by atoms with E-state index in [2.05, 4.69) is 35.1 Å². The summed E-state index contributed by atoms with van der Waals surface area (Å²) in [6.45, 7) is 3.09. The van der Waals surface area contributed by atoms with Crippen molar-refractivity contribution in [2.24, 2.45) is 0 Å². The maximum absolute atomic E-state index is 9.07. The van der Waals surface area contributed by atoms with Crippen LogP contribution in [0.15, 0.2) is 41.1 Å². The lowest BCUT2D eigenvalue weighted by atomic mass is 10.1. The van der Waals surface area contributed by atoms with Gasteiger partial charge in [0.25, 0.3) is 0 Å². The lowest BCUT2D eigenvalue weighted by Gasteiger charge is -2.12. The maximum atomic E-state index is 9.07. The second kappa shape index (κ2) is 5.96. The van der Waals surface area contributed by atoms with Crippen molar-refractivity contribution in [1.82, 2.24) is 5.32 Å². The highest BCUT2D eigenvalue weighted by Gasteiger charge is 2.04. The van der Waals surface area contributed by atoms with Crippen LogP contribution in [0.5, 0.6) is 0 Å². The average molecular weight is 247 g/mol. The zero-order valence-electron chi connectivity index (χ0n) is 9.89. The molecule has 1 atom stereocenters. The van der Waals surface area contributed by atoms with E-state index >= 15 is 0 Å². The van der Waals surface area contributed by atoms with Crippen molar-refractivity contribution < 1.29 is 5.11 Å². The lowest BCUT2D eigenvalue weighted by Crippen LogP contribution is -2.17. The fourth-order valence-corrected chi connectivity index (χ4v) is 2.50. The molecule has 2 N–H and O–H groups in total. The maximum Gasteiger partial charge on any atom is 0.0681 e. The summed E-state index contributed by atoms with van der Waals surface area (Å²) in [5.41, 5.74) is 3.50. The van der Waals surface area contributed by atoms with Gasteiger partial charge in [0.15, 0.2) is 0 Å². The Bertz CT molecular complexity index is 453. The van der Waals surface area contributed by atoms with Crippen LogP contribution in [0.2, 0.25) is 0 Å². The van der Waals surface area contributed by atoms with Crippen molar-refractivity contribution in [3.8, 4) is 0 Å². The summed E-state index contributed by atoms with van der Waals surface area (Å²) in [6, 6.07) is 10.5. The van der Waals surface area contributed by atoms with Gasteiger partial charge >= 0.3 is 0 Å². The highest BCUT2D eigenvalue weighted by molar-refractivity contribution is 7.07. The van der Waals surface area contributed by atoms with Crippen LogP contribution < -0.4 is 5.32 Å². The smallest absolute Gasteiger partial charge is 0.0681 e. The van der Waals surface area contributed by atoms with Gasteiger partial charge in [0.1, 0.15) is 0 Å². The second-order valence-corrected chi connectivity index (χ2v) is 4.92. The quantitative estimate of drug-likeness (QED) is 0.851. The molecule has 3 heteroatoms.